The highest BCUT2D eigenvalue weighted by Crippen LogP contribution is 2.34. The molecule has 0 radical (unpaired) electrons. The van der Waals surface area contributed by atoms with Gasteiger partial charge in [0.1, 0.15) is 0 Å². The lowest BCUT2D eigenvalue weighted by Gasteiger charge is -2.33. The number of hydrogen-bond donors (Lipinski definition) is 2. The number of carbonyl (C=O) groups excluding carboxylic acids is 1. The van der Waals surface area contributed by atoms with Crippen LogP contribution in [0.25, 0.3) is 0 Å². The van der Waals surface area contributed by atoms with E-state index in [4.69, 9.17) is 5.73 Å². The minimum absolute atomic E-state index is 0.173. The second-order valence-corrected chi connectivity index (χ2v) is 6.45. The molecule has 0 aromatic rings. The molecule has 0 aliphatic heterocycles. The Labute approximate surface area is 111 Å². The van der Waals surface area contributed by atoms with Crippen LogP contribution in [0.1, 0.15) is 71.1 Å². The third-order valence-corrected chi connectivity index (χ3v) is 4.53. The Morgan fingerprint density at radius 3 is 2.56 bits per heavy atom. The van der Waals surface area contributed by atoms with Gasteiger partial charge in [-0.2, -0.15) is 0 Å². The molecule has 0 saturated heterocycles. The molecule has 2 aliphatic carbocycles. The quantitative estimate of drug-likeness (QED) is 0.763. The van der Waals surface area contributed by atoms with Gasteiger partial charge in [0.05, 0.1) is 0 Å². The summed E-state index contributed by atoms with van der Waals surface area (Å²) in [5.74, 6) is 1.05. The number of carbonyl (C=O) groups is 1. The predicted molar refractivity (Wildman–Crippen MR) is 74.2 cm³/mol. The summed E-state index contributed by atoms with van der Waals surface area (Å²) in [4.78, 5) is 12.1. The molecule has 1 atom stereocenters. The normalized spacial score (nSPS) is 24.6. The maximum Gasteiger partial charge on any atom is 0.222 e. The Morgan fingerprint density at radius 1 is 1.33 bits per heavy atom. The van der Waals surface area contributed by atoms with Gasteiger partial charge in [0.2, 0.25) is 5.91 Å². The van der Waals surface area contributed by atoms with E-state index in [2.05, 4.69) is 12.2 Å². The maximum absolute atomic E-state index is 12.1. The van der Waals surface area contributed by atoms with Crippen molar-refractivity contribution < 1.29 is 4.79 Å². The molecule has 0 aromatic heterocycles. The number of hydrogen-bond acceptors (Lipinski definition) is 2. The van der Waals surface area contributed by atoms with Crippen LogP contribution in [0.3, 0.4) is 0 Å². The average molecular weight is 252 g/mol. The largest absolute Gasteiger partial charge is 0.353 e. The monoisotopic (exact) mass is 252 g/mol. The van der Waals surface area contributed by atoms with Crippen molar-refractivity contribution in [2.24, 2.45) is 11.7 Å². The number of nitrogens with two attached hydrogens (primary N) is 1. The summed E-state index contributed by atoms with van der Waals surface area (Å²) in [5.41, 5.74) is 6.11. The lowest BCUT2D eigenvalue weighted by molar-refractivity contribution is -0.123. The first-order valence-electron chi connectivity index (χ1n) is 7.69. The van der Waals surface area contributed by atoms with E-state index in [1.54, 1.807) is 0 Å². The van der Waals surface area contributed by atoms with E-state index < -0.39 is 0 Å². The second-order valence-electron chi connectivity index (χ2n) is 6.45. The molecular formula is C15H28N2O. The van der Waals surface area contributed by atoms with Gasteiger partial charge < -0.3 is 11.1 Å². The van der Waals surface area contributed by atoms with Crippen LogP contribution in [0.4, 0.5) is 0 Å². The van der Waals surface area contributed by atoms with Crippen molar-refractivity contribution in [3.63, 3.8) is 0 Å². The van der Waals surface area contributed by atoms with Crippen molar-refractivity contribution >= 4 is 5.91 Å². The zero-order valence-electron chi connectivity index (χ0n) is 11.7. The first-order chi connectivity index (χ1) is 8.61. The minimum Gasteiger partial charge on any atom is -0.353 e. The maximum atomic E-state index is 12.1. The number of amides is 1. The zero-order valence-corrected chi connectivity index (χ0v) is 11.7. The fraction of sp³-hybridized carbons (Fsp3) is 0.933. The van der Waals surface area contributed by atoms with Gasteiger partial charge in [-0.25, -0.2) is 0 Å². The number of rotatable bonds is 6. The summed E-state index contributed by atoms with van der Waals surface area (Å²) in [6.07, 6.45) is 11.1. The molecule has 2 rings (SSSR count). The molecule has 0 heterocycles. The van der Waals surface area contributed by atoms with E-state index >= 15 is 0 Å². The van der Waals surface area contributed by atoms with Crippen LogP contribution in [-0.2, 0) is 4.79 Å². The van der Waals surface area contributed by atoms with Crippen LogP contribution >= 0.6 is 0 Å². The number of nitrogens with one attached hydrogen (secondary N) is 1. The highest BCUT2D eigenvalue weighted by atomic mass is 16.1. The highest BCUT2D eigenvalue weighted by molar-refractivity contribution is 5.77. The van der Waals surface area contributed by atoms with Gasteiger partial charge in [0.15, 0.2) is 0 Å². The SMILES string of the molecule is CCC(CC1CC1)NC(=O)CC1(N)CCCCC1. The summed E-state index contributed by atoms with van der Waals surface area (Å²) in [5, 5.41) is 3.19. The lowest BCUT2D eigenvalue weighted by Crippen LogP contribution is -2.47. The summed E-state index contributed by atoms with van der Waals surface area (Å²) in [6.45, 7) is 2.16. The molecular weight excluding hydrogens is 224 g/mol. The molecule has 2 saturated carbocycles. The average Bonchev–Trinajstić information content (AvgIpc) is 3.12. The zero-order chi connectivity index (χ0) is 13.0. The fourth-order valence-corrected chi connectivity index (χ4v) is 3.11. The van der Waals surface area contributed by atoms with Crippen molar-refractivity contribution in [1.82, 2.24) is 5.32 Å². The summed E-state index contributed by atoms with van der Waals surface area (Å²) >= 11 is 0. The highest BCUT2D eigenvalue weighted by Gasteiger charge is 2.31. The molecule has 0 aromatic carbocycles. The van der Waals surface area contributed by atoms with Crippen molar-refractivity contribution in [1.29, 1.82) is 0 Å². The Kier molecular flexibility index (Phi) is 4.66. The second kappa shape index (κ2) is 6.05. The first-order valence-corrected chi connectivity index (χ1v) is 7.69. The van der Waals surface area contributed by atoms with Gasteiger partial charge in [0, 0.05) is 18.0 Å². The third kappa shape index (κ3) is 4.27. The Hall–Kier alpha value is -0.570. The molecule has 0 spiro atoms. The molecule has 3 nitrogen and oxygen atoms in total. The predicted octanol–water partition coefficient (Wildman–Crippen LogP) is 2.73. The molecule has 2 aliphatic rings. The smallest absolute Gasteiger partial charge is 0.222 e. The summed E-state index contributed by atoms with van der Waals surface area (Å²) < 4.78 is 0. The Bertz CT molecular complexity index is 280. The van der Waals surface area contributed by atoms with Crippen molar-refractivity contribution in [3.8, 4) is 0 Å². The van der Waals surface area contributed by atoms with Crippen LogP contribution < -0.4 is 11.1 Å². The molecule has 3 heteroatoms. The standard InChI is InChI=1S/C15H28N2O/c1-2-13(10-12-6-7-12)17-14(18)11-15(16)8-4-3-5-9-15/h12-13H,2-11,16H2,1H3,(H,17,18). The van der Waals surface area contributed by atoms with E-state index in [1.165, 1.54) is 38.5 Å². The molecule has 3 N–H and O–H groups in total. The van der Waals surface area contributed by atoms with E-state index in [-0.39, 0.29) is 11.4 Å². The molecule has 104 valence electrons. The van der Waals surface area contributed by atoms with E-state index in [1.807, 2.05) is 0 Å². The minimum atomic E-state index is -0.222. The van der Waals surface area contributed by atoms with Crippen LogP contribution in [0.5, 0.6) is 0 Å². The van der Waals surface area contributed by atoms with Gasteiger partial charge >= 0.3 is 0 Å². The van der Waals surface area contributed by atoms with Gasteiger partial charge in [-0.3, -0.25) is 4.79 Å². The van der Waals surface area contributed by atoms with Gasteiger partial charge in [-0.05, 0) is 31.6 Å². The molecule has 0 bridgehead atoms. The molecule has 1 amide bonds. The topological polar surface area (TPSA) is 55.1 Å². The third-order valence-electron chi connectivity index (χ3n) is 4.53. The molecule has 1 unspecified atom stereocenters. The summed E-state index contributed by atoms with van der Waals surface area (Å²) in [6, 6.07) is 0.372. The van der Waals surface area contributed by atoms with E-state index in [0.717, 1.165) is 25.2 Å². The van der Waals surface area contributed by atoms with E-state index in [9.17, 15) is 4.79 Å². The van der Waals surface area contributed by atoms with Gasteiger partial charge in [-0.15, -0.1) is 0 Å². The van der Waals surface area contributed by atoms with Crippen molar-refractivity contribution in [2.45, 2.75) is 82.7 Å². The fourth-order valence-electron chi connectivity index (χ4n) is 3.11. The van der Waals surface area contributed by atoms with Gasteiger partial charge in [-0.1, -0.05) is 39.0 Å². The Morgan fingerprint density at radius 2 is 2.00 bits per heavy atom. The van der Waals surface area contributed by atoms with Crippen molar-refractivity contribution in [3.05, 3.63) is 0 Å². The molecule has 18 heavy (non-hydrogen) atoms. The lowest BCUT2D eigenvalue weighted by atomic mass is 9.80. The van der Waals surface area contributed by atoms with E-state index in [0.29, 0.717) is 12.5 Å². The summed E-state index contributed by atoms with van der Waals surface area (Å²) in [7, 11) is 0. The first kappa shape index (κ1) is 13.9. The van der Waals surface area contributed by atoms with Crippen LogP contribution in [0.2, 0.25) is 0 Å². The molecule has 2 fully saturated rings. The Balaban J connectivity index is 1.75. The van der Waals surface area contributed by atoms with Crippen LogP contribution in [0.15, 0.2) is 0 Å². The van der Waals surface area contributed by atoms with Crippen LogP contribution in [0, 0.1) is 5.92 Å². The van der Waals surface area contributed by atoms with Crippen LogP contribution in [-0.4, -0.2) is 17.5 Å². The van der Waals surface area contributed by atoms with Crippen molar-refractivity contribution in [2.75, 3.05) is 0 Å². The van der Waals surface area contributed by atoms with Gasteiger partial charge in [0.25, 0.3) is 0 Å².